The van der Waals surface area contributed by atoms with Gasteiger partial charge >= 0.3 is 5.97 Å². The molecule has 1 aliphatic rings. The maximum atomic E-state index is 12.4. The zero-order valence-electron chi connectivity index (χ0n) is 16.1. The lowest BCUT2D eigenvalue weighted by molar-refractivity contribution is 0.0252. The van der Waals surface area contributed by atoms with Gasteiger partial charge in [0.1, 0.15) is 6.10 Å². The Labute approximate surface area is 151 Å². The average molecular weight is 336 g/mol. The number of hydrogen-bond acceptors (Lipinski definition) is 2. The van der Waals surface area contributed by atoms with Crippen molar-refractivity contribution in [3.63, 3.8) is 0 Å². The Morgan fingerprint density at radius 3 is 1.96 bits per heavy atom. The minimum absolute atomic E-state index is 0.0697. The lowest BCUT2D eigenvalue weighted by atomic mass is 9.83. The molecule has 1 aliphatic heterocycles. The van der Waals surface area contributed by atoms with Gasteiger partial charge in [-0.3, -0.25) is 0 Å². The molecule has 2 heteroatoms. The largest absolute Gasteiger partial charge is 0.454 e. The predicted molar refractivity (Wildman–Crippen MR) is 102 cm³/mol. The number of benzene rings is 2. The Morgan fingerprint density at radius 1 is 0.840 bits per heavy atom. The third-order valence-electron chi connectivity index (χ3n) is 4.99. The lowest BCUT2D eigenvalue weighted by Crippen LogP contribution is -2.23. The van der Waals surface area contributed by atoms with Crippen LogP contribution >= 0.6 is 0 Å². The van der Waals surface area contributed by atoms with Crippen molar-refractivity contribution in [2.24, 2.45) is 0 Å². The monoisotopic (exact) mass is 336 g/mol. The Balaban J connectivity index is 1.91. The smallest absolute Gasteiger partial charge is 0.339 e. The molecule has 2 nitrogen and oxygen atoms in total. The summed E-state index contributed by atoms with van der Waals surface area (Å²) in [5.41, 5.74) is 5.59. The molecule has 3 rings (SSSR count). The molecule has 0 aliphatic carbocycles. The zero-order chi connectivity index (χ0) is 18.4. The third-order valence-corrected chi connectivity index (χ3v) is 4.99. The van der Waals surface area contributed by atoms with Gasteiger partial charge in [-0.1, -0.05) is 77.9 Å². The molecule has 0 fully saturated rings. The van der Waals surface area contributed by atoms with E-state index in [1.165, 1.54) is 11.1 Å². The first-order valence-electron chi connectivity index (χ1n) is 9.00. The number of ether oxygens (including phenoxy) is 1. The highest BCUT2D eigenvalue weighted by Gasteiger charge is 2.29. The first-order valence-corrected chi connectivity index (χ1v) is 9.00. The van der Waals surface area contributed by atoms with Crippen LogP contribution in [0.1, 0.15) is 80.3 Å². The van der Waals surface area contributed by atoms with Crippen LogP contribution in [-0.2, 0) is 22.0 Å². The number of cyclic esters (lactones) is 1. The van der Waals surface area contributed by atoms with E-state index < -0.39 is 0 Å². The van der Waals surface area contributed by atoms with E-state index in [2.05, 4.69) is 71.9 Å². The summed E-state index contributed by atoms with van der Waals surface area (Å²) < 4.78 is 5.71. The summed E-state index contributed by atoms with van der Waals surface area (Å²) in [6, 6.07) is 14.6. The molecule has 25 heavy (non-hydrogen) atoms. The molecule has 0 spiro atoms. The SMILES string of the molecule is CC(C)(C)c1ccc(C2Cc3cc(C(C)(C)C)ccc3C(=O)O2)cc1. The lowest BCUT2D eigenvalue weighted by Gasteiger charge is -2.28. The van der Waals surface area contributed by atoms with Gasteiger partial charge in [0.25, 0.3) is 0 Å². The number of esters is 1. The highest BCUT2D eigenvalue weighted by molar-refractivity contribution is 5.92. The molecular formula is C23H28O2. The summed E-state index contributed by atoms with van der Waals surface area (Å²) in [6.45, 7) is 13.2. The van der Waals surface area contributed by atoms with E-state index in [9.17, 15) is 4.79 Å². The molecule has 0 N–H and O–H groups in total. The summed E-state index contributed by atoms with van der Waals surface area (Å²) in [5.74, 6) is -0.216. The van der Waals surface area contributed by atoms with Gasteiger partial charge in [0.15, 0.2) is 0 Å². The molecule has 1 atom stereocenters. The Morgan fingerprint density at radius 2 is 1.40 bits per heavy atom. The highest BCUT2D eigenvalue weighted by atomic mass is 16.5. The van der Waals surface area contributed by atoms with Crippen molar-refractivity contribution in [3.05, 3.63) is 70.3 Å². The molecule has 0 saturated heterocycles. The van der Waals surface area contributed by atoms with Crippen LogP contribution in [0.3, 0.4) is 0 Å². The number of carbonyl (C=O) groups excluding carboxylic acids is 1. The van der Waals surface area contributed by atoms with Gasteiger partial charge in [0.05, 0.1) is 5.56 Å². The van der Waals surface area contributed by atoms with E-state index in [0.717, 1.165) is 17.5 Å². The van der Waals surface area contributed by atoms with Crippen LogP contribution in [0.2, 0.25) is 0 Å². The van der Waals surface area contributed by atoms with E-state index in [-0.39, 0.29) is 22.9 Å². The molecule has 0 radical (unpaired) electrons. The maximum absolute atomic E-state index is 12.4. The Hall–Kier alpha value is -2.09. The Bertz CT molecular complexity index is 786. The van der Waals surface area contributed by atoms with E-state index in [1.807, 2.05) is 12.1 Å². The van der Waals surface area contributed by atoms with Gasteiger partial charge in [0, 0.05) is 6.42 Å². The van der Waals surface area contributed by atoms with Crippen LogP contribution in [0, 0.1) is 0 Å². The summed E-state index contributed by atoms with van der Waals surface area (Å²) in [6.07, 6.45) is 0.532. The van der Waals surface area contributed by atoms with Gasteiger partial charge in [-0.05, 0) is 39.2 Å². The number of carbonyl (C=O) groups is 1. The summed E-state index contributed by atoms with van der Waals surface area (Å²) in [7, 11) is 0. The molecule has 2 aromatic carbocycles. The first-order chi connectivity index (χ1) is 11.6. The number of rotatable bonds is 1. The topological polar surface area (TPSA) is 26.3 Å². The second-order valence-electron chi connectivity index (χ2n) is 9.09. The fourth-order valence-electron chi connectivity index (χ4n) is 3.25. The summed E-state index contributed by atoms with van der Waals surface area (Å²) >= 11 is 0. The quantitative estimate of drug-likeness (QED) is 0.621. The van der Waals surface area contributed by atoms with Gasteiger partial charge in [-0.2, -0.15) is 0 Å². The first kappa shape index (κ1) is 17.7. The van der Waals surface area contributed by atoms with E-state index in [0.29, 0.717) is 5.56 Å². The third kappa shape index (κ3) is 3.63. The zero-order valence-corrected chi connectivity index (χ0v) is 16.1. The van der Waals surface area contributed by atoms with Crippen molar-refractivity contribution in [1.82, 2.24) is 0 Å². The van der Waals surface area contributed by atoms with Crippen molar-refractivity contribution >= 4 is 5.97 Å². The molecule has 1 unspecified atom stereocenters. The average Bonchev–Trinajstić information content (AvgIpc) is 2.52. The van der Waals surface area contributed by atoms with Crippen molar-refractivity contribution in [2.75, 3.05) is 0 Å². The van der Waals surface area contributed by atoms with Gasteiger partial charge < -0.3 is 4.74 Å². The predicted octanol–water partition coefficient (Wildman–Crippen LogP) is 5.74. The fraction of sp³-hybridized carbons (Fsp3) is 0.435. The van der Waals surface area contributed by atoms with Gasteiger partial charge in [-0.25, -0.2) is 4.79 Å². The fourth-order valence-corrected chi connectivity index (χ4v) is 3.25. The van der Waals surface area contributed by atoms with Crippen LogP contribution in [0.4, 0.5) is 0 Å². The molecule has 0 aromatic heterocycles. The van der Waals surface area contributed by atoms with Crippen molar-refractivity contribution in [2.45, 2.75) is 64.9 Å². The summed E-state index contributed by atoms with van der Waals surface area (Å²) in [5, 5.41) is 0. The molecule has 0 bridgehead atoms. The molecule has 1 heterocycles. The maximum Gasteiger partial charge on any atom is 0.339 e. The van der Waals surface area contributed by atoms with E-state index in [4.69, 9.17) is 4.74 Å². The molecular weight excluding hydrogens is 308 g/mol. The van der Waals surface area contributed by atoms with Crippen molar-refractivity contribution in [3.8, 4) is 0 Å². The van der Waals surface area contributed by atoms with Crippen molar-refractivity contribution < 1.29 is 9.53 Å². The summed E-state index contributed by atoms with van der Waals surface area (Å²) in [4.78, 5) is 12.4. The molecule has 132 valence electrons. The minimum Gasteiger partial charge on any atom is -0.454 e. The highest BCUT2D eigenvalue weighted by Crippen LogP contribution is 2.34. The normalized spacial score (nSPS) is 17.8. The van der Waals surface area contributed by atoms with Gasteiger partial charge in [0.2, 0.25) is 0 Å². The van der Waals surface area contributed by atoms with Gasteiger partial charge in [-0.15, -0.1) is 0 Å². The molecule has 2 aromatic rings. The minimum atomic E-state index is -0.216. The van der Waals surface area contributed by atoms with E-state index in [1.54, 1.807) is 0 Å². The van der Waals surface area contributed by atoms with Crippen LogP contribution in [0.15, 0.2) is 42.5 Å². The molecule has 0 amide bonds. The van der Waals surface area contributed by atoms with Crippen molar-refractivity contribution in [1.29, 1.82) is 0 Å². The second-order valence-corrected chi connectivity index (χ2v) is 9.09. The number of fused-ring (bicyclic) bond motifs is 1. The Kier molecular flexibility index (Phi) is 4.26. The van der Waals surface area contributed by atoms with Crippen LogP contribution in [0.25, 0.3) is 0 Å². The van der Waals surface area contributed by atoms with E-state index >= 15 is 0 Å². The van der Waals surface area contributed by atoms with Crippen LogP contribution < -0.4 is 0 Å². The molecule has 0 saturated carbocycles. The van der Waals surface area contributed by atoms with Crippen LogP contribution in [0.5, 0.6) is 0 Å². The number of hydrogen-bond donors (Lipinski definition) is 0. The standard InChI is InChI=1S/C23H28O2/c1-22(2,3)17-9-7-15(8-10-17)20-14-16-13-18(23(4,5)6)11-12-19(16)21(24)25-20/h7-13,20H,14H2,1-6H3. The van der Waals surface area contributed by atoms with Crippen LogP contribution in [-0.4, -0.2) is 5.97 Å². The second kappa shape index (κ2) is 6.01.